The molecule has 9 heavy (non-hydrogen) atoms. The van der Waals surface area contributed by atoms with Gasteiger partial charge in [-0.05, 0) is 5.92 Å². The maximum absolute atomic E-state index is 10.2. The van der Waals surface area contributed by atoms with E-state index in [4.69, 9.17) is 16.7 Å². The van der Waals surface area contributed by atoms with Gasteiger partial charge in [0.15, 0.2) is 0 Å². The Bertz CT molecular complexity index is 138. The zero-order valence-electron chi connectivity index (χ0n) is 5.39. The Morgan fingerprint density at radius 3 is 2.11 bits per heavy atom. The standard InChI is InChI=1S/C6H9ClO2/c1-4(2)5(3-7)6(8)9/h3-4H,1-2H3,(H,8,9)/b5-3+. The van der Waals surface area contributed by atoms with Crippen LogP contribution in [0.2, 0.25) is 0 Å². The van der Waals surface area contributed by atoms with E-state index in [-0.39, 0.29) is 11.5 Å². The zero-order chi connectivity index (χ0) is 7.44. The monoisotopic (exact) mass is 148 g/mol. The van der Waals surface area contributed by atoms with E-state index in [1.54, 1.807) is 13.8 Å². The minimum absolute atomic E-state index is 0.0139. The van der Waals surface area contributed by atoms with Crippen molar-refractivity contribution in [2.75, 3.05) is 0 Å². The lowest BCUT2D eigenvalue weighted by Gasteiger charge is -2.01. The van der Waals surface area contributed by atoms with E-state index in [1.165, 1.54) is 0 Å². The molecule has 0 rings (SSSR count). The zero-order valence-corrected chi connectivity index (χ0v) is 6.14. The van der Waals surface area contributed by atoms with Gasteiger partial charge in [-0.15, -0.1) is 0 Å². The van der Waals surface area contributed by atoms with Crippen LogP contribution in [0.1, 0.15) is 13.8 Å². The first kappa shape index (κ1) is 8.50. The van der Waals surface area contributed by atoms with Gasteiger partial charge in [0.1, 0.15) is 0 Å². The van der Waals surface area contributed by atoms with Gasteiger partial charge in [-0.3, -0.25) is 0 Å². The van der Waals surface area contributed by atoms with Crippen molar-refractivity contribution in [3.63, 3.8) is 0 Å². The molecule has 2 nitrogen and oxygen atoms in total. The van der Waals surface area contributed by atoms with E-state index in [0.717, 1.165) is 5.54 Å². The van der Waals surface area contributed by atoms with Gasteiger partial charge in [0, 0.05) is 5.54 Å². The highest BCUT2D eigenvalue weighted by Gasteiger charge is 2.09. The highest BCUT2D eigenvalue weighted by atomic mass is 35.5. The number of carboxylic acids is 1. The molecule has 0 aromatic heterocycles. The average molecular weight is 149 g/mol. The summed E-state index contributed by atoms with van der Waals surface area (Å²) in [5.41, 5.74) is 1.35. The van der Waals surface area contributed by atoms with E-state index < -0.39 is 5.97 Å². The summed E-state index contributed by atoms with van der Waals surface area (Å²) in [6.07, 6.45) is 0. The Balaban J connectivity index is 4.19. The summed E-state index contributed by atoms with van der Waals surface area (Å²) in [7, 11) is 0. The molecule has 0 spiro atoms. The van der Waals surface area contributed by atoms with Gasteiger partial charge in [0.2, 0.25) is 0 Å². The SMILES string of the molecule is CC(C)/C(=C\Cl)C(=O)O. The number of hydrogen-bond acceptors (Lipinski definition) is 1. The summed E-state index contributed by atoms with van der Waals surface area (Å²) in [5.74, 6) is -0.958. The van der Waals surface area contributed by atoms with Crippen molar-refractivity contribution >= 4 is 17.6 Å². The molecule has 0 aliphatic rings. The lowest BCUT2D eigenvalue weighted by Crippen LogP contribution is -2.05. The van der Waals surface area contributed by atoms with Crippen LogP contribution in [0.15, 0.2) is 11.1 Å². The van der Waals surface area contributed by atoms with Crippen molar-refractivity contribution < 1.29 is 9.90 Å². The molecule has 0 aliphatic carbocycles. The summed E-state index contributed by atoms with van der Waals surface area (Å²) >= 11 is 5.21. The molecule has 0 unspecified atom stereocenters. The molecule has 0 amide bonds. The third kappa shape index (κ3) is 2.51. The number of rotatable bonds is 2. The van der Waals surface area contributed by atoms with Gasteiger partial charge >= 0.3 is 5.97 Å². The van der Waals surface area contributed by atoms with Crippen LogP contribution in [0.4, 0.5) is 0 Å². The van der Waals surface area contributed by atoms with Crippen molar-refractivity contribution in [1.82, 2.24) is 0 Å². The molecule has 0 radical (unpaired) electrons. The second-order valence-corrected chi connectivity index (χ2v) is 2.24. The van der Waals surface area contributed by atoms with Crippen LogP contribution in [0.25, 0.3) is 0 Å². The Kier molecular flexibility index (Phi) is 3.32. The molecule has 3 heteroatoms. The molecule has 0 fully saturated rings. The molecule has 0 atom stereocenters. The minimum atomic E-state index is -0.944. The number of carboxylic acid groups (broad SMARTS) is 1. The molecule has 52 valence electrons. The highest BCUT2D eigenvalue weighted by molar-refractivity contribution is 6.27. The fourth-order valence-corrected chi connectivity index (χ4v) is 0.765. The van der Waals surface area contributed by atoms with E-state index in [1.807, 2.05) is 0 Å². The second kappa shape index (κ2) is 3.51. The van der Waals surface area contributed by atoms with E-state index >= 15 is 0 Å². The Labute approximate surface area is 59.1 Å². The van der Waals surface area contributed by atoms with Crippen molar-refractivity contribution in [2.24, 2.45) is 5.92 Å². The molecule has 0 aromatic rings. The van der Waals surface area contributed by atoms with Gasteiger partial charge in [0.25, 0.3) is 0 Å². The lowest BCUT2D eigenvalue weighted by atomic mass is 10.1. The molecular formula is C6H9ClO2. The van der Waals surface area contributed by atoms with E-state index in [2.05, 4.69) is 0 Å². The summed E-state index contributed by atoms with van der Waals surface area (Å²) in [5, 5.41) is 8.39. The van der Waals surface area contributed by atoms with Gasteiger partial charge < -0.3 is 5.11 Å². The van der Waals surface area contributed by atoms with Crippen LogP contribution < -0.4 is 0 Å². The van der Waals surface area contributed by atoms with Crippen LogP contribution in [-0.4, -0.2) is 11.1 Å². The maximum Gasteiger partial charge on any atom is 0.332 e. The van der Waals surface area contributed by atoms with Gasteiger partial charge in [-0.2, -0.15) is 0 Å². The van der Waals surface area contributed by atoms with Crippen LogP contribution in [-0.2, 0) is 4.79 Å². The topological polar surface area (TPSA) is 37.3 Å². The Morgan fingerprint density at radius 2 is 2.11 bits per heavy atom. The first-order valence-electron chi connectivity index (χ1n) is 2.63. The predicted molar refractivity (Wildman–Crippen MR) is 36.4 cm³/mol. The average Bonchev–Trinajstić information content (AvgIpc) is 1.64. The fraction of sp³-hybridized carbons (Fsp3) is 0.500. The third-order valence-electron chi connectivity index (χ3n) is 0.987. The first-order valence-corrected chi connectivity index (χ1v) is 3.06. The number of aliphatic carboxylic acids is 1. The Hall–Kier alpha value is -0.500. The first-order chi connectivity index (χ1) is 4.09. The lowest BCUT2D eigenvalue weighted by molar-refractivity contribution is -0.133. The molecule has 0 aliphatic heterocycles. The van der Waals surface area contributed by atoms with E-state index in [9.17, 15) is 4.79 Å². The molecule has 1 N–H and O–H groups in total. The molecule has 0 saturated heterocycles. The minimum Gasteiger partial charge on any atom is -0.478 e. The Morgan fingerprint density at radius 1 is 1.67 bits per heavy atom. The number of halogens is 1. The van der Waals surface area contributed by atoms with Crippen molar-refractivity contribution in [3.05, 3.63) is 11.1 Å². The number of hydrogen-bond donors (Lipinski definition) is 1. The summed E-state index contributed by atoms with van der Waals surface area (Å²) in [6.45, 7) is 3.56. The van der Waals surface area contributed by atoms with Crippen LogP contribution >= 0.6 is 11.6 Å². The molecular weight excluding hydrogens is 140 g/mol. The number of carbonyl (C=O) groups is 1. The summed E-state index contributed by atoms with van der Waals surface area (Å²) in [4.78, 5) is 10.2. The largest absolute Gasteiger partial charge is 0.478 e. The second-order valence-electron chi connectivity index (χ2n) is 2.02. The molecule has 0 bridgehead atoms. The smallest absolute Gasteiger partial charge is 0.332 e. The molecule has 0 aromatic carbocycles. The van der Waals surface area contributed by atoms with Crippen LogP contribution in [0, 0.1) is 5.92 Å². The molecule has 0 heterocycles. The summed E-state index contributed by atoms with van der Waals surface area (Å²) in [6, 6.07) is 0. The van der Waals surface area contributed by atoms with Crippen molar-refractivity contribution in [1.29, 1.82) is 0 Å². The van der Waals surface area contributed by atoms with Gasteiger partial charge in [-0.25, -0.2) is 4.79 Å². The van der Waals surface area contributed by atoms with Gasteiger partial charge in [-0.1, -0.05) is 25.4 Å². The molecule has 0 saturated carbocycles. The van der Waals surface area contributed by atoms with E-state index in [0.29, 0.717) is 0 Å². The maximum atomic E-state index is 10.2. The summed E-state index contributed by atoms with van der Waals surface area (Å²) < 4.78 is 0. The van der Waals surface area contributed by atoms with Gasteiger partial charge in [0.05, 0.1) is 5.57 Å². The van der Waals surface area contributed by atoms with Crippen molar-refractivity contribution in [3.8, 4) is 0 Å². The fourth-order valence-electron chi connectivity index (χ4n) is 0.420. The quantitative estimate of drug-likeness (QED) is 0.607. The van der Waals surface area contributed by atoms with Crippen molar-refractivity contribution in [2.45, 2.75) is 13.8 Å². The third-order valence-corrected chi connectivity index (χ3v) is 1.22. The predicted octanol–water partition coefficient (Wildman–Crippen LogP) is 1.85. The van der Waals surface area contributed by atoms with Crippen LogP contribution in [0.5, 0.6) is 0 Å². The normalized spacial score (nSPS) is 12.2. The van der Waals surface area contributed by atoms with Crippen LogP contribution in [0.3, 0.4) is 0 Å². The highest BCUT2D eigenvalue weighted by Crippen LogP contribution is 2.09.